The molecule has 2 rings (SSSR count). The van der Waals surface area contributed by atoms with E-state index in [4.69, 9.17) is 18.0 Å². The highest BCUT2D eigenvalue weighted by Gasteiger charge is 2.15. The molecule has 110 valence electrons. The summed E-state index contributed by atoms with van der Waals surface area (Å²) >= 11 is 6.77. The van der Waals surface area contributed by atoms with Gasteiger partial charge in [0.1, 0.15) is 10.8 Å². The summed E-state index contributed by atoms with van der Waals surface area (Å²) in [6, 6.07) is 12.7. The van der Waals surface area contributed by atoms with Gasteiger partial charge in [0.2, 0.25) is 0 Å². The molecule has 0 unspecified atom stereocenters. The van der Waals surface area contributed by atoms with Gasteiger partial charge in [-0.1, -0.05) is 36.5 Å². The predicted molar refractivity (Wildman–Crippen MR) is 92.6 cm³/mol. The van der Waals surface area contributed by atoms with Gasteiger partial charge in [0.25, 0.3) is 0 Å². The average molecular weight is 320 g/mol. The van der Waals surface area contributed by atoms with Gasteiger partial charge in [-0.3, -0.25) is 0 Å². The Balaban J connectivity index is 2.37. The summed E-state index contributed by atoms with van der Waals surface area (Å²) in [6.45, 7) is 0.458. The van der Waals surface area contributed by atoms with Crippen molar-refractivity contribution in [3.63, 3.8) is 0 Å². The number of nitrogens with two attached hydrogens (primary N) is 1. The van der Waals surface area contributed by atoms with Crippen LogP contribution in [0, 0.1) is 5.82 Å². The van der Waals surface area contributed by atoms with Crippen molar-refractivity contribution < 1.29 is 4.39 Å². The quantitative estimate of drug-likeness (QED) is 0.670. The van der Waals surface area contributed by atoms with Crippen molar-refractivity contribution in [1.29, 1.82) is 0 Å². The van der Waals surface area contributed by atoms with E-state index in [0.29, 0.717) is 17.1 Å². The van der Waals surface area contributed by atoms with Gasteiger partial charge < -0.3 is 10.6 Å². The van der Waals surface area contributed by atoms with Gasteiger partial charge in [0.15, 0.2) is 0 Å². The first-order chi connectivity index (χ1) is 10.0. The van der Waals surface area contributed by atoms with Crippen LogP contribution in [0.4, 0.5) is 10.1 Å². The topological polar surface area (TPSA) is 29.3 Å². The summed E-state index contributed by atoms with van der Waals surface area (Å²) in [6.07, 6.45) is 1.98. The van der Waals surface area contributed by atoms with Gasteiger partial charge in [-0.2, -0.15) is 0 Å². The first-order valence-corrected chi connectivity index (χ1v) is 8.09. The Hall–Kier alpha value is -1.59. The normalized spacial score (nSPS) is 10.4. The highest BCUT2D eigenvalue weighted by atomic mass is 32.2. The number of hydrogen-bond donors (Lipinski definition) is 1. The molecule has 0 aromatic heterocycles. The Kier molecular flexibility index (Phi) is 5.20. The first kappa shape index (κ1) is 15.8. The lowest BCUT2D eigenvalue weighted by Gasteiger charge is -2.24. The molecule has 0 aliphatic carbocycles. The van der Waals surface area contributed by atoms with Crippen LogP contribution in [-0.4, -0.2) is 18.3 Å². The molecule has 0 aliphatic rings. The third-order valence-electron chi connectivity index (χ3n) is 3.25. The van der Waals surface area contributed by atoms with Gasteiger partial charge in [-0.25, -0.2) is 4.39 Å². The largest absolute Gasteiger partial charge is 0.389 e. The van der Waals surface area contributed by atoms with Crippen LogP contribution >= 0.6 is 24.0 Å². The molecule has 2 nitrogen and oxygen atoms in total. The lowest BCUT2D eigenvalue weighted by atomic mass is 10.1. The van der Waals surface area contributed by atoms with E-state index >= 15 is 0 Å². The maximum absolute atomic E-state index is 13.8. The Bertz CT molecular complexity index is 658. The second-order valence-electron chi connectivity index (χ2n) is 4.67. The summed E-state index contributed by atoms with van der Waals surface area (Å²) in [5.74, 6) is -0.206. The van der Waals surface area contributed by atoms with Gasteiger partial charge in [-0.05, 0) is 24.5 Å². The highest BCUT2D eigenvalue weighted by molar-refractivity contribution is 7.98. The summed E-state index contributed by atoms with van der Waals surface area (Å²) in [5.41, 5.74) is 8.27. The number of hydrogen-bond acceptors (Lipinski definition) is 3. The third-order valence-corrected chi connectivity index (χ3v) is 4.23. The van der Waals surface area contributed by atoms with Crippen LogP contribution in [0.15, 0.2) is 47.4 Å². The van der Waals surface area contributed by atoms with Gasteiger partial charge in [-0.15, -0.1) is 11.8 Å². The average Bonchev–Trinajstić information content (AvgIpc) is 2.48. The molecule has 0 saturated heterocycles. The molecule has 0 atom stereocenters. The minimum absolute atomic E-state index is 0.206. The Morgan fingerprint density at radius 1 is 1.24 bits per heavy atom. The summed E-state index contributed by atoms with van der Waals surface area (Å²) in [4.78, 5) is 3.35. The molecule has 0 fully saturated rings. The number of thioether (sulfide) groups is 1. The Morgan fingerprint density at radius 2 is 1.95 bits per heavy atom. The summed E-state index contributed by atoms with van der Waals surface area (Å²) < 4.78 is 13.8. The zero-order valence-electron chi connectivity index (χ0n) is 12.0. The number of benzene rings is 2. The van der Waals surface area contributed by atoms with E-state index in [1.165, 1.54) is 6.07 Å². The predicted octanol–water partition coefficient (Wildman–Crippen LogP) is 3.82. The van der Waals surface area contributed by atoms with Crippen LogP contribution in [0.1, 0.15) is 11.1 Å². The molecule has 0 spiro atoms. The number of anilines is 1. The number of thiocarbonyl (C=S) groups is 1. The summed E-state index contributed by atoms with van der Waals surface area (Å²) in [7, 11) is 1.91. The fraction of sp³-hybridized carbons (Fsp3) is 0.188. The molecule has 2 aromatic carbocycles. The Labute approximate surface area is 134 Å². The van der Waals surface area contributed by atoms with Crippen LogP contribution in [0.5, 0.6) is 0 Å². The fourth-order valence-corrected chi connectivity index (χ4v) is 3.14. The minimum Gasteiger partial charge on any atom is -0.389 e. The van der Waals surface area contributed by atoms with Crippen molar-refractivity contribution in [2.24, 2.45) is 5.73 Å². The molecular weight excluding hydrogens is 303 g/mol. The molecule has 0 heterocycles. The molecule has 0 radical (unpaired) electrons. The monoisotopic (exact) mass is 320 g/mol. The fourth-order valence-electron chi connectivity index (χ4n) is 2.22. The maximum Gasteiger partial charge on any atom is 0.128 e. The van der Waals surface area contributed by atoms with E-state index in [1.54, 1.807) is 23.9 Å². The van der Waals surface area contributed by atoms with Crippen molar-refractivity contribution >= 4 is 34.7 Å². The van der Waals surface area contributed by atoms with Crippen molar-refractivity contribution in [2.45, 2.75) is 11.4 Å². The smallest absolute Gasteiger partial charge is 0.128 e. The van der Waals surface area contributed by atoms with Crippen LogP contribution in [0.25, 0.3) is 0 Å². The molecule has 0 bridgehead atoms. The number of nitrogens with zero attached hydrogens (tertiary/aromatic N) is 1. The zero-order valence-corrected chi connectivity index (χ0v) is 13.6. The molecular formula is C16H17FN2S2. The first-order valence-electron chi connectivity index (χ1n) is 6.46. The number of rotatable bonds is 5. The highest BCUT2D eigenvalue weighted by Crippen LogP contribution is 2.30. The molecule has 5 heteroatoms. The van der Waals surface area contributed by atoms with Gasteiger partial charge in [0.05, 0.1) is 0 Å². The molecule has 0 saturated carbocycles. The van der Waals surface area contributed by atoms with E-state index in [9.17, 15) is 4.39 Å². The third kappa shape index (κ3) is 3.54. The van der Waals surface area contributed by atoms with E-state index in [0.717, 1.165) is 16.1 Å². The van der Waals surface area contributed by atoms with Crippen LogP contribution in [0.2, 0.25) is 0 Å². The van der Waals surface area contributed by atoms with E-state index in [2.05, 4.69) is 0 Å². The van der Waals surface area contributed by atoms with Crippen molar-refractivity contribution in [3.05, 3.63) is 59.4 Å². The van der Waals surface area contributed by atoms with E-state index < -0.39 is 0 Å². The second kappa shape index (κ2) is 6.91. The second-order valence-corrected chi connectivity index (χ2v) is 5.95. The van der Waals surface area contributed by atoms with E-state index in [1.807, 2.05) is 42.5 Å². The van der Waals surface area contributed by atoms with Gasteiger partial charge >= 0.3 is 0 Å². The van der Waals surface area contributed by atoms with E-state index in [-0.39, 0.29) is 5.82 Å². The summed E-state index contributed by atoms with van der Waals surface area (Å²) in [5, 5.41) is 0. The molecule has 0 amide bonds. The molecule has 0 aliphatic heterocycles. The lowest BCUT2D eigenvalue weighted by molar-refractivity contribution is 0.608. The van der Waals surface area contributed by atoms with Crippen molar-refractivity contribution in [2.75, 3.05) is 18.2 Å². The molecule has 2 N–H and O–H groups in total. The lowest BCUT2D eigenvalue weighted by Crippen LogP contribution is -2.22. The van der Waals surface area contributed by atoms with Crippen LogP contribution < -0.4 is 10.6 Å². The van der Waals surface area contributed by atoms with Crippen LogP contribution in [-0.2, 0) is 6.54 Å². The van der Waals surface area contributed by atoms with Crippen molar-refractivity contribution in [1.82, 2.24) is 0 Å². The molecule has 21 heavy (non-hydrogen) atoms. The van der Waals surface area contributed by atoms with Gasteiger partial charge in [0, 0.05) is 35.3 Å². The number of halogens is 1. The van der Waals surface area contributed by atoms with Crippen LogP contribution in [0.3, 0.4) is 0 Å². The SMILES string of the molecule is CSc1cccc(N(C)Cc2ccccc2F)c1C(N)=S. The zero-order chi connectivity index (χ0) is 15.4. The Morgan fingerprint density at radius 3 is 2.57 bits per heavy atom. The maximum atomic E-state index is 13.8. The minimum atomic E-state index is -0.206. The van der Waals surface area contributed by atoms with Crippen molar-refractivity contribution in [3.8, 4) is 0 Å². The molecule has 2 aromatic rings. The standard InChI is InChI=1S/C16H17FN2S2/c1-19(10-11-6-3-4-7-12(11)17)13-8-5-9-14(21-2)15(13)16(18)20/h3-9H,10H2,1-2H3,(H2,18,20).